The molecule has 0 aliphatic heterocycles. The van der Waals surface area contributed by atoms with E-state index in [1.165, 1.54) is 7.11 Å². The number of nitrogens with zero attached hydrogens (tertiary/aromatic N) is 2. The number of aromatic nitrogens is 2. The molecule has 3 aromatic rings. The minimum absolute atomic E-state index is 0.123. The maximum absolute atomic E-state index is 11.4. The standard InChI is InChI=1S/C17H13ClN2O4/c1-22-17(21)12-4-8-14(9-5-12)23-10-15-19-20-16(24-15)11-2-6-13(18)7-3-11/h2-9H,10H2,1H3. The zero-order valence-electron chi connectivity index (χ0n) is 12.7. The molecule has 122 valence electrons. The molecule has 0 saturated heterocycles. The highest BCUT2D eigenvalue weighted by atomic mass is 35.5. The zero-order valence-corrected chi connectivity index (χ0v) is 13.5. The third-order valence-corrected chi connectivity index (χ3v) is 3.45. The molecule has 0 saturated carbocycles. The summed E-state index contributed by atoms with van der Waals surface area (Å²) in [5, 5.41) is 8.55. The quantitative estimate of drug-likeness (QED) is 0.656. The van der Waals surface area contributed by atoms with E-state index in [-0.39, 0.29) is 6.61 Å². The van der Waals surface area contributed by atoms with Gasteiger partial charge in [0.15, 0.2) is 6.61 Å². The Bertz CT molecular complexity index is 829. The molecule has 7 heteroatoms. The summed E-state index contributed by atoms with van der Waals surface area (Å²) in [6, 6.07) is 13.7. The number of hydrogen-bond acceptors (Lipinski definition) is 6. The van der Waals surface area contributed by atoms with Gasteiger partial charge in [-0.3, -0.25) is 0 Å². The Morgan fingerprint density at radius 1 is 1.08 bits per heavy atom. The molecule has 3 rings (SSSR count). The van der Waals surface area contributed by atoms with Gasteiger partial charge in [0, 0.05) is 10.6 Å². The van der Waals surface area contributed by atoms with E-state index in [1.54, 1.807) is 48.5 Å². The minimum Gasteiger partial charge on any atom is -0.484 e. The number of rotatable bonds is 5. The van der Waals surface area contributed by atoms with Crippen LogP contribution in [0.25, 0.3) is 11.5 Å². The van der Waals surface area contributed by atoms with Crippen LogP contribution in [0.15, 0.2) is 52.9 Å². The van der Waals surface area contributed by atoms with Gasteiger partial charge in [0.25, 0.3) is 5.89 Å². The maximum atomic E-state index is 11.4. The smallest absolute Gasteiger partial charge is 0.337 e. The van der Waals surface area contributed by atoms with Crippen molar-refractivity contribution in [2.24, 2.45) is 0 Å². The fraction of sp³-hybridized carbons (Fsp3) is 0.118. The molecular weight excluding hydrogens is 332 g/mol. The average Bonchev–Trinajstić information content (AvgIpc) is 3.09. The van der Waals surface area contributed by atoms with Crippen LogP contribution in [0.2, 0.25) is 5.02 Å². The molecule has 24 heavy (non-hydrogen) atoms. The van der Waals surface area contributed by atoms with Crippen molar-refractivity contribution < 1.29 is 18.7 Å². The largest absolute Gasteiger partial charge is 0.484 e. The average molecular weight is 345 g/mol. The van der Waals surface area contributed by atoms with Gasteiger partial charge in [0.05, 0.1) is 12.7 Å². The highest BCUT2D eigenvalue weighted by molar-refractivity contribution is 6.30. The second-order valence-corrected chi connectivity index (χ2v) is 5.25. The predicted molar refractivity (Wildman–Crippen MR) is 86.9 cm³/mol. The third-order valence-electron chi connectivity index (χ3n) is 3.20. The van der Waals surface area contributed by atoms with Crippen LogP contribution in [-0.4, -0.2) is 23.3 Å². The molecule has 1 heterocycles. The lowest BCUT2D eigenvalue weighted by molar-refractivity contribution is 0.0600. The van der Waals surface area contributed by atoms with Gasteiger partial charge in [-0.1, -0.05) is 11.6 Å². The van der Waals surface area contributed by atoms with E-state index >= 15 is 0 Å². The molecule has 0 aliphatic carbocycles. The van der Waals surface area contributed by atoms with Crippen LogP contribution < -0.4 is 4.74 Å². The number of methoxy groups -OCH3 is 1. The normalized spacial score (nSPS) is 10.4. The van der Waals surface area contributed by atoms with Crippen LogP contribution in [0.1, 0.15) is 16.2 Å². The first kappa shape index (κ1) is 16.0. The Hall–Kier alpha value is -2.86. The number of hydrogen-bond donors (Lipinski definition) is 0. The van der Waals surface area contributed by atoms with Crippen LogP contribution in [0.5, 0.6) is 5.75 Å². The Balaban J connectivity index is 1.63. The van der Waals surface area contributed by atoms with E-state index in [0.717, 1.165) is 5.56 Å². The van der Waals surface area contributed by atoms with Gasteiger partial charge in [-0.05, 0) is 48.5 Å². The van der Waals surface area contributed by atoms with Crippen LogP contribution >= 0.6 is 11.6 Å². The van der Waals surface area contributed by atoms with Gasteiger partial charge in [-0.2, -0.15) is 0 Å². The van der Waals surface area contributed by atoms with Crippen LogP contribution in [0.3, 0.4) is 0 Å². The van der Waals surface area contributed by atoms with Crippen molar-refractivity contribution >= 4 is 17.6 Å². The summed E-state index contributed by atoms with van der Waals surface area (Å²) in [5.74, 6) is 0.920. The minimum atomic E-state index is -0.397. The second-order valence-electron chi connectivity index (χ2n) is 4.81. The van der Waals surface area contributed by atoms with Gasteiger partial charge in [-0.15, -0.1) is 10.2 Å². The van der Waals surface area contributed by atoms with Crippen molar-refractivity contribution in [1.82, 2.24) is 10.2 Å². The fourth-order valence-electron chi connectivity index (χ4n) is 1.97. The zero-order chi connectivity index (χ0) is 16.9. The molecule has 0 fully saturated rings. The summed E-state index contributed by atoms with van der Waals surface area (Å²) in [7, 11) is 1.33. The van der Waals surface area contributed by atoms with Crippen molar-refractivity contribution in [3.8, 4) is 17.2 Å². The summed E-state index contributed by atoms with van der Waals surface area (Å²) in [6.07, 6.45) is 0. The molecule has 0 N–H and O–H groups in total. The van der Waals surface area contributed by atoms with Crippen LogP contribution in [0.4, 0.5) is 0 Å². The lowest BCUT2D eigenvalue weighted by Gasteiger charge is -2.04. The molecular formula is C17H13ClN2O4. The third kappa shape index (κ3) is 3.72. The monoisotopic (exact) mass is 344 g/mol. The summed E-state index contributed by atoms with van der Waals surface area (Å²) in [6.45, 7) is 0.123. The number of ether oxygens (including phenoxy) is 2. The lowest BCUT2D eigenvalue weighted by atomic mass is 10.2. The van der Waals surface area contributed by atoms with Gasteiger partial charge in [-0.25, -0.2) is 4.79 Å². The number of carbonyl (C=O) groups is 1. The first-order chi connectivity index (χ1) is 11.7. The molecule has 0 amide bonds. The van der Waals surface area contributed by atoms with E-state index < -0.39 is 5.97 Å². The summed E-state index contributed by atoms with van der Waals surface area (Å²) in [4.78, 5) is 11.4. The van der Waals surface area contributed by atoms with Crippen molar-refractivity contribution in [3.63, 3.8) is 0 Å². The van der Waals surface area contributed by atoms with Gasteiger partial charge in [0.1, 0.15) is 5.75 Å². The molecule has 0 bridgehead atoms. The molecule has 0 radical (unpaired) electrons. The predicted octanol–water partition coefficient (Wildman–Crippen LogP) is 3.76. The van der Waals surface area contributed by atoms with Crippen molar-refractivity contribution in [2.75, 3.05) is 7.11 Å². The SMILES string of the molecule is COC(=O)c1ccc(OCc2nnc(-c3ccc(Cl)cc3)o2)cc1. The molecule has 1 aromatic heterocycles. The van der Waals surface area contributed by atoms with E-state index in [2.05, 4.69) is 14.9 Å². The summed E-state index contributed by atoms with van der Waals surface area (Å²) < 4.78 is 15.7. The molecule has 0 atom stereocenters. The first-order valence-corrected chi connectivity index (χ1v) is 7.43. The maximum Gasteiger partial charge on any atom is 0.337 e. The van der Waals surface area contributed by atoms with Crippen molar-refractivity contribution in [3.05, 3.63) is 65.0 Å². The van der Waals surface area contributed by atoms with E-state index in [9.17, 15) is 4.79 Å². The molecule has 6 nitrogen and oxygen atoms in total. The number of carbonyl (C=O) groups excluding carboxylic acids is 1. The first-order valence-electron chi connectivity index (χ1n) is 7.05. The van der Waals surface area contributed by atoms with Crippen LogP contribution in [-0.2, 0) is 11.3 Å². The topological polar surface area (TPSA) is 74.5 Å². The Kier molecular flexibility index (Phi) is 4.77. The van der Waals surface area contributed by atoms with Gasteiger partial charge >= 0.3 is 5.97 Å². The molecule has 0 spiro atoms. The highest BCUT2D eigenvalue weighted by Crippen LogP contribution is 2.21. The van der Waals surface area contributed by atoms with Gasteiger partial charge < -0.3 is 13.9 Å². The van der Waals surface area contributed by atoms with Crippen molar-refractivity contribution in [1.29, 1.82) is 0 Å². The van der Waals surface area contributed by atoms with Crippen LogP contribution in [0, 0.1) is 0 Å². The summed E-state index contributed by atoms with van der Waals surface area (Å²) >= 11 is 5.85. The Labute approximate surface area is 143 Å². The number of benzene rings is 2. The van der Waals surface area contributed by atoms with E-state index in [1.807, 2.05) is 0 Å². The number of esters is 1. The second kappa shape index (κ2) is 7.14. The van der Waals surface area contributed by atoms with Crippen molar-refractivity contribution in [2.45, 2.75) is 6.61 Å². The lowest BCUT2D eigenvalue weighted by Crippen LogP contribution is -2.01. The fourth-order valence-corrected chi connectivity index (χ4v) is 2.10. The molecule has 0 unspecified atom stereocenters. The molecule has 2 aromatic carbocycles. The Morgan fingerprint density at radius 2 is 1.79 bits per heavy atom. The number of halogens is 1. The highest BCUT2D eigenvalue weighted by Gasteiger charge is 2.10. The van der Waals surface area contributed by atoms with E-state index in [4.69, 9.17) is 20.8 Å². The summed E-state index contributed by atoms with van der Waals surface area (Å²) in [5.41, 5.74) is 1.23. The molecule has 0 aliphatic rings. The van der Waals surface area contributed by atoms with E-state index in [0.29, 0.717) is 28.1 Å². The Morgan fingerprint density at radius 3 is 2.46 bits per heavy atom. The van der Waals surface area contributed by atoms with Gasteiger partial charge in [0.2, 0.25) is 5.89 Å².